The first-order valence-electron chi connectivity index (χ1n) is 7.39. The largest absolute Gasteiger partial charge is 0.469 e. The number of hydrogen-bond acceptors (Lipinski definition) is 4. The quantitative estimate of drug-likeness (QED) is 0.204. The van der Waals surface area contributed by atoms with Crippen LogP contribution in [0.3, 0.4) is 0 Å². The Morgan fingerprint density at radius 1 is 1.33 bits per heavy atom. The van der Waals surface area contributed by atoms with Crippen LogP contribution in [-0.2, 0) is 9.53 Å². The van der Waals surface area contributed by atoms with Gasteiger partial charge in [0.05, 0.1) is 7.11 Å². The molecule has 21 heavy (non-hydrogen) atoms. The van der Waals surface area contributed by atoms with E-state index < -0.39 is 0 Å². The average molecular weight is 429 g/mol. The summed E-state index contributed by atoms with van der Waals surface area (Å²) >= 11 is 2.05. The average Bonchev–Trinajstić information content (AvgIpc) is 2.98. The molecule has 0 bridgehead atoms. The van der Waals surface area contributed by atoms with Crippen LogP contribution in [0, 0.1) is 0 Å². The molecule has 0 aliphatic carbocycles. The topological polar surface area (TPSA) is 62.7 Å². The van der Waals surface area contributed by atoms with Gasteiger partial charge in [0.2, 0.25) is 0 Å². The van der Waals surface area contributed by atoms with Gasteiger partial charge in [-0.3, -0.25) is 9.79 Å². The number of carbonyl (C=O) groups is 1. The van der Waals surface area contributed by atoms with Gasteiger partial charge in [0.15, 0.2) is 5.96 Å². The molecule has 0 aromatic rings. The fourth-order valence-corrected chi connectivity index (χ4v) is 3.32. The molecule has 0 radical (unpaired) electrons. The van der Waals surface area contributed by atoms with Crippen LogP contribution in [0.15, 0.2) is 4.99 Å². The van der Waals surface area contributed by atoms with Crippen LogP contribution in [-0.4, -0.2) is 50.2 Å². The van der Waals surface area contributed by atoms with Gasteiger partial charge in [-0.1, -0.05) is 6.42 Å². The van der Waals surface area contributed by atoms with Crippen molar-refractivity contribution in [3.8, 4) is 0 Å². The van der Waals surface area contributed by atoms with Gasteiger partial charge in [0.25, 0.3) is 0 Å². The summed E-state index contributed by atoms with van der Waals surface area (Å²) in [5.41, 5.74) is 0. The molecule has 1 aliphatic rings. The molecule has 1 heterocycles. The Morgan fingerprint density at radius 3 is 2.76 bits per heavy atom. The number of methoxy groups -OCH3 is 1. The van der Waals surface area contributed by atoms with Crippen LogP contribution in [0.4, 0.5) is 0 Å². The SMILES string of the molecule is CN=C(NCCCCCC(=O)OC)NCC1CCCS1.I. The molecule has 1 saturated heterocycles. The molecule has 1 atom stereocenters. The lowest BCUT2D eigenvalue weighted by atomic mass is 10.2. The Bertz CT molecular complexity index is 311. The first-order valence-corrected chi connectivity index (χ1v) is 8.44. The molecule has 7 heteroatoms. The van der Waals surface area contributed by atoms with Crippen LogP contribution < -0.4 is 10.6 Å². The number of rotatable bonds is 8. The van der Waals surface area contributed by atoms with E-state index in [2.05, 4.69) is 20.4 Å². The van der Waals surface area contributed by atoms with E-state index in [1.54, 1.807) is 7.05 Å². The highest BCUT2D eigenvalue weighted by Gasteiger charge is 2.15. The summed E-state index contributed by atoms with van der Waals surface area (Å²) in [7, 11) is 3.23. The number of nitrogens with zero attached hydrogens (tertiary/aromatic N) is 1. The lowest BCUT2D eigenvalue weighted by molar-refractivity contribution is -0.140. The molecule has 0 aromatic carbocycles. The maximum atomic E-state index is 10.9. The van der Waals surface area contributed by atoms with Crippen LogP contribution in [0.25, 0.3) is 0 Å². The summed E-state index contributed by atoms with van der Waals surface area (Å²) in [6.07, 6.45) is 6.11. The molecule has 0 aromatic heterocycles. The third-order valence-corrected chi connectivity index (χ3v) is 4.72. The fraction of sp³-hybridized carbons (Fsp3) is 0.857. The highest BCUT2D eigenvalue weighted by Crippen LogP contribution is 2.25. The van der Waals surface area contributed by atoms with Gasteiger partial charge in [-0.05, 0) is 31.4 Å². The van der Waals surface area contributed by atoms with Gasteiger partial charge in [-0.2, -0.15) is 11.8 Å². The number of thioether (sulfide) groups is 1. The lowest BCUT2D eigenvalue weighted by Crippen LogP contribution is -2.40. The molecule has 0 amide bonds. The fourth-order valence-electron chi connectivity index (χ4n) is 2.12. The first-order chi connectivity index (χ1) is 9.76. The van der Waals surface area contributed by atoms with E-state index in [0.29, 0.717) is 6.42 Å². The predicted molar refractivity (Wildman–Crippen MR) is 101 cm³/mol. The predicted octanol–water partition coefficient (Wildman–Crippen LogP) is 2.40. The van der Waals surface area contributed by atoms with Gasteiger partial charge >= 0.3 is 5.97 Å². The van der Waals surface area contributed by atoms with Gasteiger partial charge in [0.1, 0.15) is 0 Å². The van der Waals surface area contributed by atoms with Gasteiger partial charge in [0, 0.05) is 31.8 Å². The maximum Gasteiger partial charge on any atom is 0.305 e. The molecule has 1 rings (SSSR count). The van der Waals surface area contributed by atoms with Crippen molar-refractivity contribution in [2.45, 2.75) is 43.8 Å². The third kappa shape index (κ3) is 10.2. The zero-order valence-electron chi connectivity index (χ0n) is 13.0. The minimum absolute atomic E-state index is 0. The van der Waals surface area contributed by atoms with Crippen molar-refractivity contribution in [2.24, 2.45) is 4.99 Å². The summed E-state index contributed by atoms with van der Waals surface area (Å²) in [6, 6.07) is 0. The maximum absolute atomic E-state index is 10.9. The molecule has 1 aliphatic heterocycles. The van der Waals surface area contributed by atoms with Crippen molar-refractivity contribution in [2.75, 3.05) is 33.0 Å². The third-order valence-electron chi connectivity index (χ3n) is 3.32. The minimum atomic E-state index is -0.121. The molecule has 1 unspecified atom stereocenters. The standard InChI is InChI=1S/C14H27N3O2S.HI/c1-15-14(17-11-12-7-6-10-20-12)16-9-5-3-4-8-13(18)19-2;/h12H,3-11H2,1-2H3,(H2,15,16,17);1H. The van der Waals surface area contributed by atoms with Crippen LogP contribution >= 0.6 is 35.7 Å². The smallest absolute Gasteiger partial charge is 0.305 e. The number of ether oxygens (including phenoxy) is 1. The summed E-state index contributed by atoms with van der Waals surface area (Å²) < 4.78 is 4.61. The lowest BCUT2D eigenvalue weighted by Gasteiger charge is -2.14. The number of carbonyl (C=O) groups excluding carboxylic acids is 1. The Balaban J connectivity index is 0.00000400. The van der Waals surface area contributed by atoms with E-state index in [0.717, 1.165) is 43.6 Å². The summed E-state index contributed by atoms with van der Waals surface area (Å²) in [5, 5.41) is 7.41. The zero-order valence-corrected chi connectivity index (χ0v) is 16.2. The number of guanidine groups is 1. The molecule has 0 spiro atoms. The van der Waals surface area contributed by atoms with E-state index in [1.165, 1.54) is 25.7 Å². The molecule has 1 fully saturated rings. The van der Waals surface area contributed by atoms with Gasteiger partial charge in [-0.15, -0.1) is 24.0 Å². The van der Waals surface area contributed by atoms with Crippen molar-refractivity contribution in [1.29, 1.82) is 0 Å². The highest BCUT2D eigenvalue weighted by atomic mass is 127. The minimum Gasteiger partial charge on any atom is -0.469 e. The number of unbranched alkanes of at least 4 members (excludes halogenated alkanes) is 2. The van der Waals surface area contributed by atoms with E-state index in [-0.39, 0.29) is 29.9 Å². The summed E-state index contributed by atoms with van der Waals surface area (Å²) in [4.78, 5) is 15.2. The number of esters is 1. The highest BCUT2D eigenvalue weighted by molar-refractivity contribution is 14.0. The van der Waals surface area contributed by atoms with Gasteiger partial charge < -0.3 is 15.4 Å². The molecular formula is C14H28IN3O2S. The first kappa shape index (κ1) is 20.8. The second kappa shape index (κ2) is 13.5. The van der Waals surface area contributed by atoms with Crippen molar-refractivity contribution < 1.29 is 9.53 Å². The Labute approximate surface area is 149 Å². The van der Waals surface area contributed by atoms with Crippen molar-refractivity contribution >= 4 is 47.7 Å². The monoisotopic (exact) mass is 429 g/mol. The summed E-state index contributed by atoms with van der Waals surface area (Å²) in [5.74, 6) is 2.05. The second-order valence-electron chi connectivity index (χ2n) is 4.90. The molecule has 124 valence electrons. The van der Waals surface area contributed by atoms with Crippen molar-refractivity contribution in [3.05, 3.63) is 0 Å². The van der Waals surface area contributed by atoms with Crippen molar-refractivity contribution in [1.82, 2.24) is 10.6 Å². The van der Waals surface area contributed by atoms with Gasteiger partial charge in [-0.25, -0.2) is 0 Å². The van der Waals surface area contributed by atoms with E-state index in [9.17, 15) is 4.79 Å². The van der Waals surface area contributed by atoms with Crippen LogP contribution in [0.5, 0.6) is 0 Å². The van der Waals surface area contributed by atoms with Crippen LogP contribution in [0.2, 0.25) is 0 Å². The molecular weight excluding hydrogens is 401 g/mol. The van der Waals surface area contributed by atoms with Crippen LogP contribution in [0.1, 0.15) is 38.5 Å². The molecule has 0 saturated carbocycles. The second-order valence-corrected chi connectivity index (χ2v) is 6.31. The summed E-state index contributed by atoms with van der Waals surface area (Å²) in [6.45, 7) is 1.88. The number of aliphatic imine (C=N–C) groups is 1. The number of hydrogen-bond donors (Lipinski definition) is 2. The van der Waals surface area contributed by atoms with E-state index >= 15 is 0 Å². The molecule has 5 nitrogen and oxygen atoms in total. The van der Waals surface area contributed by atoms with E-state index in [1.807, 2.05) is 11.8 Å². The molecule has 2 N–H and O–H groups in total. The Morgan fingerprint density at radius 2 is 2.14 bits per heavy atom. The number of nitrogens with one attached hydrogen (secondary N) is 2. The van der Waals surface area contributed by atoms with E-state index in [4.69, 9.17) is 0 Å². The number of halogens is 1. The van der Waals surface area contributed by atoms with Crippen molar-refractivity contribution in [3.63, 3.8) is 0 Å². The normalized spacial score (nSPS) is 18.0. The Hall–Kier alpha value is -0.180. The zero-order chi connectivity index (χ0) is 14.6. The Kier molecular flexibility index (Phi) is 13.4.